The molecule has 3 heterocycles. The van der Waals surface area contributed by atoms with Crippen molar-refractivity contribution in [3.8, 4) is 21.1 Å². The average molecular weight is 397 g/mol. The molecule has 140 valence electrons. The van der Waals surface area contributed by atoms with Crippen LogP contribution in [-0.2, 0) is 0 Å². The molecule has 4 rings (SSSR count). The summed E-state index contributed by atoms with van der Waals surface area (Å²) in [6.07, 6.45) is 4.62. The van der Waals surface area contributed by atoms with E-state index in [9.17, 15) is 13.6 Å². The van der Waals surface area contributed by atoms with E-state index in [1.165, 1.54) is 23.8 Å². The van der Waals surface area contributed by atoms with E-state index in [1.54, 1.807) is 24.5 Å². The van der Waals surface area contributed by atoms with E-state index >= 15 is 0 Å². The highest BCUT2D eigenvalue weighted by molar-refractivity contribution is 7.19. The number of nitrogens with zero attached hydrogens (tertiary/aromatic N) is 2. The summed E-state index contributed by atoms with van der Waals surface area (Å²) in [6.45, 7) is 1.97. The number of oxazole rings is 1. The number of benzene rings is 1. The molecule has 28 heavy (non-hydrogen) atoms. The van der Waals surface area contributed by atoms with Gasteiger partial charge in [-0.05, 0) is 42.8 Å². The number of hydrogen-bond donors (Lipinski definition) is 1. The molecule has 0 saturated carbocycles. The molecule has 0 saturated heterocycles. The maximum atomic E-state index is 13.7. The van der Waals surface area contributed by atoms with Crippen molar-refractivity contribution < 1.29 is 18.0 Å². The molecular formula is C20H13F2N3O2S. The van der Waals surface area contributed by atoms with E-state index in [2.05, 4.69) is 15.3 Å². The third-order valence-corrected chi connectivity index (χ3v) is 5.35. The van der Waals surface area contributed by atoms with E-state index in [-0.39, 0.29) is 5.82 Å². The number of thiophene rings is 1. The second kappa shape index (κ2) is 7.32. The smallest absolute Gasteiger partial charge is 0.262 e. The zero-order valence-corrected chi connectivity index (χ0v) is 15.4. The third-order valence-electron chi connectivity index (χ3n) is 4.05. The molecule has 0 spiro atoms. The summed E-state index contributed by atoms with van der Waals surface area (Å²) in [5.74, 6) is -1.87. The van der Waals surface area contributed by atoms with Gasteiger partial charge in [0.2, 0.25) is 0 Å². The minimum atomic E-state index is -0.928. The van der Waals surface area contributed by atoms with Gasteiger partial charge in [0.15, 0.2) is 12.2 Å². The van der Waals surface area contributed by atoms with Crippen molar-refractivity contribution >= 4 is 23.1 Å². The topological polar surface area (TPSA) is 68.0 Å². The molecule has 0 atom stereocenters. The number of nitrogens with one attached hydrogen (secondary N) is 1. The van der Waals surface area contributed by atoms with Gasteiger partial charge in [-0.3, -0.25) is 4.79 Å². The molecular weight excluding hydrogens is 384 g/mol. The molecule has 0 aliphatic carbocycles. The quantitative estimate of drug-likeness (QED) is 0.507. The van der Waals surface area contributed by atoms with Crippen LogP contribution in [0.4, 0.5) is 14.6 Å². The van der Waals surface area contributed by atoms with E-state index in [0.717, 1.165) is 33.0 Å². The summed E-state index contributed by atoms with van der Waals surface area (Å²) in [6, 6.07) is 8.62. The lowest BCUT2D eigenvalue weighted by atomic mass is 10.1. The number of carbonyl (C=O) groups excluding carboxylic acids is 1. The molecule has 3 aromatic heterocycles. The van der Waals surface area contributed by atoms with Crippen LogP contribution in [0.3, 0.4) is 0 Å². The summed E-state index contributed by atoms with van der Waals surface area (Å²) < 4.78 is 32.8. The van der Waals surface area contributed by atoms with Gasteiger partial charge in [0.05, 0.1) is 11.1 Å². The van der Waals surface area contributed by atoms with Crippen molar-refractivity contribution in [3.05, 3.63) is 77.9 Å². The zero-order valence-electron chi connectivity index (χ0n) is 14.6. The van der Waals surface area contributed by atoms with Gasteiger partial charge < -0.3 is 9.73 Å². The largest absolute Gasteiger partial charge is 0.443 e. The Morgan fingerprint density at radius 2 is 1.93 bits per heavy atom. The monoisotopic (exact) mass is 397 g/mol. The maximum absolute atomic E-state index is 13.7. The Bertz CT molecular complexity index is 1120. The first-order valence-electron chi connectivity index (χ1n) is 8.24. The number of aryl methyl sites for hydroxylation is 1. The number of anilines is 1. The molecule has 1 aromatic carbocycles. The number of halogens is 2. The van der Waals surface area contributed by atoms with Crippen LogP contribution in [0.2, 0.25) is 0 Å². The maximum Gasteiger partial charge on any atom is 0.262 e. The van der Waals surface area contributed by atoms with Crippen molar-refractivity contribution in [1.29, 1.82) is 0 Å². The predicted octanol–water partition coefficient (Wildman–Crippen LogP) is 5.30. The first-order chi connectivity index (χ1) is 13.5. The standard InChI is InChI=1S/C20H13F2N3O2S/c1-11-7-16(15-9-23-10-27-15)28-19(11)12-5-6-17(24-8-12)25-20(26)18-13(21)3-2-4-14(18)22/h2-10H,1H3,(H,24,25,26). The Hall–Kier alpha value is -3.39. The van der Waals surface area contributed by atoms with Gasteiger partial charge in [0.1, 0.15) is 23.0 Å². The lowest BCUT2D eigenvalue weighted by Crippen LogP contribution is -2.16. The highest BCUT2D eigenvalue weighted by Gasteiger charge is 2.18. The van der Waals surface area contributed by atoms with Gasteiger partial charge >= 0.3 is 0 Å². The molecule has 0 fully saturated rings. The van der Waals surface area contributed by atoms with Crippen LogP contribution in [0.5, 0.6) is 0 Å². The fourth-order valence-corrected chi connectivity index (χ4v) is 3.84. The summed E-state index contributed by atoms with van der Waals surface area (Å²) in [7, 11) is 0. The van der Waals surface area contributed by atoms with Crippen molar-refractivity contribution in [2.75, 3.05) is 5.32 Å². The number of hydrogen-bond acceptors (Lipinski definition) is 5. The molecule has 4 aromatic rings. The predicted molar refractivity (Wildman–Crippen MR) is 102 cm³/mol. The Morgan fingerprint density at radius 3 is 2.57 bits per heavy atom. The molecule has 5 nitrogen and oxygen atoms in total. The van der Waals surface area contributed by atoms with E-state index in [4.69, 9.17) is 4.42 Å². The van der Waals surface area contributed by atoms with Crippen LogP contribution in [0.25, 0.3) is 21.1 Å². The van der Waals surface area contributed by atoms with Crippen LogP contribution in [0.1, 0.15) is 15.9 Å². The van der Waals surface area contributed by atoms with Crippen molar-refractivity contribution in [2.24, 2.45) is 0 Å². The zero-order chi connectivity index (χ0) is 19.7. The normalized spacial score (nSPS) is 10.8. The van der Waals surface area contributed by atoms with Crippen LogP contribution in [0.15, 0.2) is 59.6 Å². The molecule has 0 aliphatic heterocycles. The molecule has 1 amide bonds. The second-order valence-corrected chi connectivity index (χ2v) is 7.02. The summed E-state index contributed by atoms with van der Waals surface area (Å²) in [5, 5.41) is 2.41. The fraction of sp³-hybridized carbons (Fsp3) is 0.0500. The molecule has 1 N–H and O–H groups in total. The molecule has 0 bridgehead atoms. The highest BCUT2D eigenvalue weighted by atomic mass is 32.1. The Kier molecular flexibility index (Phi) is 4.70. The molecule has 0 aliphatic rings. The Morgan fingerprint density at radius 1 is 1.14 bits per heavy atom. The van der Waals surface area contributed by atoms with Gasteiger partial charge in [-0.15, -0.1) is 11.3 Å². The van der Waals surface area contributed by atoms with Gasteiger partial charge in [-0.25, -0.2) is 18.7 Å². The SMILES string of the molecule is Cc1cc(-c2cnco2)sc1-c1ccc(NC(=O)c2c(F)cccc2F)nc1. The molecule has 0 radical (unpaired) electrons. The summed E-state index contributed by atoms with van der Waals surface area (Å²) in [4.78, 5) is 22.2. The minimum absolute atomic E-state index is 0.195. The van der Waals surface area contributed by atoms with Crippen molar-refractivity contribution in [2.45, 2.75) is 6.92 Å². The van der Waals surface area contributed by atoms with Crippen molar-refractivity contribution in [3.63, 3.8) is 0 Å². The summed E-state index contributed by atoms with van der Waals surface area (Å²) >= 11 is 1.53. The number of rotatable bonds is 4. The number of pyridine rings is 1. The lowest BCUT2D eigenvalue weighted by molar-refractivity contribution is 0.101. The van der Waals surface area contributed by atoms with Crippen LogP contribution in [-0.4, -0.2) is 15.9 Å². The van der Waals surface area contributed by atoms with Gasteiger partial charge in [0, 0.05) is 16.6 Å². The molecule has 8 heteroatoms. The average Bonchev–Trinajstić information content (AvgIpc) is 3.32. The first-order valence-corrected chi connectivity index (χ1v) is 9.05. The fourth-order valence-electron chi connectivity index (χ4n) is 2.72. The van der Waals surface area contributed by atoms with E-state index in [0.29, 0.717) is 5.76 Å². The van der Waals surface area contributed by atoms with Gasteiger partial charge in [-0.1, -0.05) is 6.07 Å². The van der Waals surface area contributed by atoms with Crippen LogP contribution < -0.4 is 5.32 Å². The second-order valence-electron chi connectivity index (χ2n) is 5.97. The number of aromatic nitrogens is 2. The van der Waals surface area contributed by atoms with E-state index < -0.39 is 23.1 Å². The number of carbonyl (C=O) groups is 1. The Labute approximate surface area is 162 Å². The third kappa shape index (κ3) is 3.41. The highest BCUT2D eigenvalue weighted by Crippen LogP contribution is 2.37. The van der Waals surface area contributed by atoms with E-state index in [1.807, 2.05) is 13.0 Å². The van der Waals surface area contributed by atoms with Gasteiger partial charge in [-0.2, -0.15) is 0 Å². The van der Waals surface area contributed by atoms with Crippen LogP contribution in [0, 0.1) is 18.6 Å². The number of amides is 1. The minimum Gasteiger partial charge on any atom is -0.443 e. The summed E-state index contributed by atoms with van der Waals surface area (Å²) in [5.41, 5.74) is 1.26. The Balaban J connectivity index is 1.56. The van der Waals surface area contributed by atoms with Gasteiger partial charge in [0.25, 0.3) is 5.91 Å². The lowest BCUT2D eigenvalue weighted by Gasteiger charge is -2.07. The first kappa shape index (κ1) is 18.0. The molecule has 0 unspecified atom stereocenters. The van der Waals surface area contributed by atoms with Crippen LogP contribution >= 0.6 is 11.3 Å². The van der Waals surface area contributed by atoms with Crippen molar-refractivity contribution in [1.82, 2.24) is 9.97 Å².